The summed E-state index contributed by atoms with van der Waals surface area (Å²) in [6.45, 7) is 5.62. The first-order chi connectivity index (χ1) is 9.40. The van der Waals surface area contributed by atoms with Gasteiger partial charge in [0.05, 0.1) is 18.8 Å². The fraction of sp³-hybridized carbons (Fsp3) is 0.600. The molecule has 5 nitrogen and oxygen atoms in total. The summed E-state index contributed by atoms with van der Waals surface area (Å²) in [5, 5.41) is 31.1. The van der Waals surface area contributed by atoms with Gasteiger partial charge in [0.25, 0.3) is 0 Å². The van der Waals surface area contributed by atoms with Crippen molar-refractivity contribution in [3.8, 4) is 5.75 Å². The van der Waals surface area contributed by atoms with Crippen LogP contribution >= 0.6 is 0 Å². The first-order valence-corrected chi connectivity index (χ1v) is 6.75. The van der Waals surface area contributed by atoms with Gasteiger partial charge in [0.1, 0.15) is 18.5 Å². The summed E-state index contributed by atoms with van der Waals surface area (Å²) >= 11 is 0. The van der Waals surface area contributed by atoms with Crippen LogP contribution in [0.3, 0.4) is 0 Å². The molecule has 1 aromatic carbocycles. The number of hydrogen-bond acceptors (Lipinski definition) is 5. The van der Waals surface area contributed by atoms with E-state index in [1.807, 2.05) is 32.0 Å². The molecule has 1 rings (SSSR count). The van der Waals surface area contributed by atoms with Gasteiger partial charge < -0.3 is 25.4 Å². The number of aryl methyl sites for hydroxylation is 2. The fourth-order valence-electron chi connectivity index (χ4n) is 1.63. The van der Waals surface area contributed by atoms with Gasteiger partial charge in [-0.3, -0.25) is 0 Å². The number of aliphatic hydroxyl groups is 3. The molecule has 0 aliphatic carbocycles. The molecule has 0 aromatic heterocycles. The van der Waals surface area contributed by atoms with Crippen molar-refractivity contribution in [3.05, 3.63) is 29.3 Å². The van der Waals surface area contributed by atoms with Crippen LogP contribution in [0.2, 0.25) is 0 Å². The summed E-state index contributed by atoms with van der Waals surface area (Å²) in [5.74, 6) is 0.760. The Balaban J connectivity index is 2.43. The van der Waals surface area contributed by atoms with Crippen LogP contribution < -0.4 is 10.1 Å². The minimum atomic E-state index is -0.791. The smallest absolute Gasteiger partial charge is 0.122 e. The third kappa shape index (κ3) is 5.09. The second-order valence-corrected chi connectivity index (χ2v) is 5.49. The monoisotopic (exact) mass is 283 g/mol. The van der Waals surface area contributed by atoms with Crippen molar-refractivity contribution in [1.82, 2.24) is 5.32 Å². The van der Waals surface area contributed by atoms with Crippen molar-refractivity contribution >= 4 is 0 Å². The Bertz CT molecular complexity index is 418. The lowest BCUT2D eigenvalue weighted by Gasteiger charge is -2.27. The van der Waals surface area contributed by atoms with Gasteiger partial charge in [-0.2, -0.15) is 0 Å². The molecule has 0 fully saturated rings. The second kappa shape index (κ2) is 7.59. The van der Waals surface area contributed by atoms with Gasteiger partial charge in [0.2, 0.25) is 0 Å². The zero-order valence-corrected chi connectivity index (χ0v) is 12.4. The lowest BCUT2D eigenvalue weighted by Crippen LogP contribution is -2.52. The van der Waals surface area contributed by atoms with E-state index in [1.54, 1.807) is 6.92 Å². The van der Waals surface area contributed by atoms with Gasteiger partial charge in [-0.1, -0.05) is 12.1 Å². The van der Waals surface area contributed by atoms with E-state index in [-0.39, 0.29) is 26.4 Å². The highest BCUT2D eigenvalue weighted by Gasteiger charge is 2.22. The second-order valence-electron chi connectivity index (χ2n) is 5.49. The zero-order valence-electron chi connectivity index (χ0n) is 12.4. The summed E-state index contributed by atoms with van der Waals surface area (Å²) in [6.07, 6.45) is -0.715. The topological polar surface area (TPSA) is 82.0 Å². The van der Waals surface area contributed by atoms with Crippen LogP contribution in [-0.2, 0) is 0 Å². The van der Waals surface area contributed by atoms with Gasteiger partial charge in [0.15, 0.2) is 0 Å². The number of rotatable bonds is 8. The number of ether oxygens (including phenoxy) is 1. The fourth-order valence-corrected chi connectivity index (χ4v) is 1.63. The van der Waals surface area contributed by atoms with E-state index >= 15 is 0 Å². The van der Waals surface area contributed by atoms with Crippen LogP contribution in [0.25, 0.3) is 0 Å². The van der Waals surface area contributed by atoms with Crippen LogP contribution in [0.5, 0.6) is 5.75 Å². The Morgan fingerprint density at radius 2 is 1.90 bits per heavy atom. The molecule has 1 aromatic rings. The highest BCUT2D eigenvalue weighted by atomic mass is 16.5. The number of β-amino-alcohol motifs (C(OH)–C–C–N with tert-alkyl or cyclic N) is 1. The molecule has 4 N–H and O–H groups in total. The lowest BCUT2D eigenvalue weighted by atomic mass is 10.1. The predicted octanol–water partition coefficient (Wildman–Crippen LogP) is 0.376. The molecule has 0 amide bonds. The van der Waals surface area contributed by atoms with Crippen LogP contribution in [0.1, 0.15) is 18.1 Å². The third-order valence-electron chi connectivity index (χ3n) is 3.24. The molecule has 0 aliphatic rings. The molecule has 1 atom stereocenters. The zero-order chi connectivity index (χ0) is 15.2. The Labute approximate surface area is 120 Å². The molecule has 1 unspecified atom stereocenters. The molecule has 114 valence electrons. The summed E-state index contributed by atoms with van der Waals surface area (Å²) in [7, 11) is 0. The van der Waals surface area contributed by atoms with E-state index in [9.17, 15) is 5.11 Å². The molecule has 0 saturated carbocycles. The Kier molecular flexibility index (Phi) is 6.42. The molecule has 0 heterocycles. The van der Waals surface area contributed by atoms with E-state index in [4.69, 9.17) is 14.9 Å². The first kappa shape index (κ1) is 16.9. The largest absolute Gasteiger partial charge is 0.491 e. The standard InChI is InChI=1S/C15H25NO4/c1-11-4-5-12(2)14(6-11)20-8-13(19)7-16-15(3,9-17)10-18/h4-6,13,16-19H,7-10H2,1-3H3. The van der Waals surface area contributed by atoms with E-state index in [0.717, 1.165) is 16.9 Å². The lowest BCUT2D eigenvalue weighted by molar-refractivity contribution is 0.0664. The molecular formula is C15H25NO4. The third-order valence-corrected chi connectivity index (χ3v) is 3.24. The van der Waals surface area contributed by atoms with Gasteiger partial charge in [-0.15, -0.1) is 0 Å². The predicted molar refractivity (Wildman–Crippen MR) is 78.0 cm³/mol. The van der Waals surface area contributed by atoms with Crippen LogP contribution in [0, 0.1) is 13.8 Å². The minimum absolute atomic E-state index is 0.157. The summed E-state index contributed by atoms with van der Waals surface area (Å²) < 4.78 is 5.60. The van der Waals surface area contributed by atoms with E-state index in [1.165, 1.54) is 0 Å². The van der Waals surface area contributed by atoms with Crippen molar-refractivity contribution in [2.45, 2.75) is 32.4 Å². The van der Waals surface area contributed by atoms with Crippen LogP contribution in [-0.4, -0.2) is 53.3 Å². The van der Waals surface area contributed by atoms with Crippen molar-refractivity contribution in [2.75, 3.05) is 26.4 Å². The van der Waals surface area contributed by atoms with Crippen LogP contribution in [0.4, 0.5) is 0 Å². The number of nitrogens with one attached hydrogen (secondary N) is 1. The molecule has 5 heteroatoms. The van der Waals surface area contributed by atoms with E-state index < -0.39 is 11.6 Å². The maximum Gasteiger partial charge on any atom is 0.122 e. The van der Waals surface area contributed by atoms with Gasteiger partial charge in [-0.25, -0.2) is 0 Å². The van der Waals surface area contributed by atoms with Crippen molar-refractivity contribution in [1.29, 1.82) is 0 Å². The average molecular weight is 283 g/mol. The highest BCUT2D eigenvalue weighted by Crippen LogP contribution is 2.19. The number of aliphatic hydroxyl groups excluding tert-OH is 3. The summed E-state index contributed by atoms with van der Waals surface area (Å²) in [4.78, 5) is 0. The summed E-state index contributed by atoms with van der Waals surface area (Å²) in [5.41, 5.74) is 1.33. The molecule has 0 saturated heterocycles. The SMILES string of the molecule is Cc1ccc(C)c(OCC(O)CNC(C)(CO)CO)c1. The minimum Gasteiger partial charge on any atom is -0.491 e. The van der Waals surface area contributed by atoms with Crippen molar-refractivity contribution in [2.24, 2.45) is 0 Å². The molecule has 0 aliphatic heterocycles. The molecule has 0 bridgehead atoms. The van der Waals surface area contributed by atoms with Gasteiger partial charge in [0, 0.05) is 6.54 Å². The molecule has 0 spiro atoms. The number of benzene rings is 1. The maximum atomic E-state index is 9.87. The van der Waals surface area contributed by atoms with Crippen LogP contribution in [0.15, 0.2) is 18.2 Å². The van der Waals surface area contributed by atoms with E-state index in [2.05, 4.69) is 5.32 Å². The summed E-state index contributed by atoms with van der Waals surface area (Å²) in [6, 6.07) is 5.92. The van der Waals surface area contributed by atoms with Gasteiger partial charge in [-0.05, 0) is 38.0 Å². The normalized spacial score (nSPS) is 13.3. The van der Waals surface area contributed by atoms with E-state index in [0.29, 0.717) is 0 Å². The average Bonchev–Trinajstić information content (AvgIpc) is 2.45. The van der Waals surface area contributed by atoms with Crippen molar-refractivity contribution < 1.29 is 20.1 Å². The van der Waals surface area contributed by atoms with Gasteiger partial charge >= 0.3 is 0 Å². The molecular weight excluding hydrogens is 258 g/mol. The molecule has 20 heavy (non-hydrogen) atoms. The Morgan fingerprint density at radius 1 is 1.25 bits per heavy atom. The number of hydrogen-bond donors (Lipinski definition) is 4. The molecule has 0 radical (unpaired) electrons. The highest BCUT2D eigenvalue weighted by molar-refractivity contribution is 5.35. The Hall–Kier alpha value is -1.14. The maximum absolute atomic E-state index is 9.87. The van der Waals surface area contributed by atoms with Crippen molar-refractivity contribution in [3.63, 3.8) is 0 Å². The quantitative estimate of drug-likeness (QED) is 0.554. The Morgan fingerprint density at radius 3 is 2.50 bits per heavy atom. The first-order valence-electron chi connectivity index (χ1n) is 6.75.